The Bertz CT molecular complexity index is 407. The molecule has 0 aliphatic heterocycles. The molecule has 1 atom stereocenters. The molecular weight excluding hydrogens is 180 g/mol. The summed E-state index contributed by atoms with van der Waals surface area (Å²) >= 11 is 0. The van der Waals surface area contributed by atoms with E-state index >= 15 is 0 Å². The van der Waals surface area contributed by atoms with Crippen molar-refractivity contribution < 1.29 is 0 Å². The molecule has 0 aromatic heterocycles. The van der Waals surface area contributed by atoms with Gasteiger partial charge in [0.25, 0.3) is 0 Å². The van der Waals surface area contributed by atoms with Crippen LogP contribution in [-0.4, -0.2) is 0 Å². The summed E-state index contributed by atoms with van der Waals surface area (Å²) in [6.45, 7) is 6.40. The summed E-state index contributed by atoms with van der Waals surface area (Å²) in [6, 6.07) is 10.4. The number of benzene rings is 1. The highest BCUT2D eigenvalue weighted by Crippen LogP contribution is 2.27. The zero-order chi connectivity index (χ0) is 10.7. The van der Waals surface area contributed by atoms with Crippen molar-refractivity contribution in [2.24, 2.45) is 5.92 Å². The summed E-state index contributed by atoms with van der Waals surface area (Å²) in [6.07, 6.45) is 7.85. The fraction of sp³-hybridized carbons (Fsp3) is 0.200. The van der Waals surface area contributed by atoms with Crippen LogP contribution in [0.2, 0.25) is 0 Å². The van der Waals surface area contributed by atoms with Gasteiger partial charge >= 0.3 is 0 Å². The summed E-state index contributed by atoms with van der Waals surface area (Å²) in [5, 5.41) is 0. The van der Waals surface area contributed by atoms with Crippen molar-refractivity contribution in [2.75, 3.05) is 0 Å². The molecule has 2 rings (SSSR count). The lowest BCUT2D eigenvalue weighted by Gasteiger charge is -2.14. The van der Waals surface area contributed by atoms with Crippen LogP contribution < -0.4 is 0 Å². The van der Waals surface area contributed by atoms with E-state index in [1.165, 1.54) is 11.1 Å². The predicted octanol–water partition coefficient (Wildman–Crippen LogP) is 4.22. The van der Waals surface area contributed by atoms with Crippen molar-refractivity contribution in [1.82, 2.24) is 0 Å². The first-order valence-electron chi connectivity index (χ1n) is 5.40. The molecule has 1 aliphatic carbocycles. The molecule has 0 heterocycles. The highest BCUT2D eigenvalue weighted by molar-refractivity contribution is 5.80. The maximum absolute atomic E-state index is 4.16. The molecule has 0 heteroatoms. The first kappa shape index (κ1) is 9.97. The Morgan fingerprint density at radius 1 is 1.27 bits per heavy atom. The number of allylic oxidation sites excluding steroid dienone is 5. The summed E-state index contributed by atoms with van der Waals surface area (Å²) in [5.41, 5.74) is 3.60. The second-order valence-electron chi connectivity index (χ2n) is 4.08. The third-order valence-electron chi connectivity index (χ3n) is 2.74. The van der Waals surface area contributed by atoms with Gasteiger partial charge in [0.05, 0.1) is 0 Å². The molecule has 0 radical (unpaired) electrons. The number of hydrogen-bond acceptors (Lipinski definition) is 0. The van der Waals surface area contributed by atoms with Crippen LogP contribution in [0.3, 0.4) is 0 Å². The Morgan fingerprint density at radius 2 is 2.00 bits per heavy atom. The summed E-state index contributed by atoms with van der Waals surface area (Å²) in [5.74, 6) is 0.630. The Labute approximate surface area is 91.6 Å². The molecule has 0 fully saturated rings. The van der Waals surface area contributed by atoms with E-state index in [9.17, 15) is 0 Å². The predicted molar refractivity (Wildman–Crippen MR) is 66.5 cm³/mol. The first-order valence-corrected chi connectivity index (χ1v) is 5.40. The topological polar surface area (TPSA) is 0 Å². The van der Waals surface area contributed by atoms with Crippen LogP contribution in [-0.2, 0) is 0 Å². The smallest absolute Gasteiger partial charge is 0.0184 e. The van der Waals surface area contributed by atoms with Gasteiger partial charge in [-0.05, 0) is 29.0 Å². The molecular formula is C15H16. The van der Waals surface area contributed by atoms with Gasteiger partial charge in [-0.2, -0.15) is 0 Å². The SMILES string of the molecule is C=C(C1=CC(C)CC=C1)c1ccccc1. The van der Waals surface area contributed by atoms with Gasteiger partial charge in [-0.1, -0.05) is 62.1 Å². The quantitative estimate of drug-likeness (QED) is 0.664. The van der Waals surface area contributed by atoms with E-state index in [1.54, 1.807) is 0 Å². The minimum atomic E-state index is 0.630. The molecule has 0 saturated heterocycles. The standard InChI is InChI=1S/C15H16/c1-12-7-6-10-15(11-12)13(2)14-8-4-3-5-9-14/h3-6,8-12H,2,7H2,1H3. The van der Waals surface area contributed by atoms with Crippen molar-refractivity contribution >= 4 is 5.57 Å². The molecule has 1 unspecified atom stereocenters. The second-order valence-corrected chi connectivity index (χ2v) is 4.08. The lowest BCUT2D eigenvalue weighted by atomic mass is 9.91. The van der Waals surface area contributed by atoms with E-state index in [0.29, 0.717) is 5.92 Å². The summed E-state index contributed by atoms with van der Waals surface area (Å²) in [7, 11) is 0. The van der Waals surface area contributed by atoms with Gasteiger partial charge in [-0.25, -0.2) is 0 Å². The Balaban J connectivity index is 2.26. The minimum absolute atomic E-state index is 0.630. The maximum Gasteiger partial charge on any atom is -0.0184 e. The highest BCUT2D eigenvalue weighted by Gasteiger charge is 2.07. The van der Waals surface area contributed by atoms with Gasteiger partial charge in [-0.15, -0.1) is 0 Å². The summed E-state index contributed by atoms with van der Waals surface area (Å²) in [4.78, 5) is 0. The van der Waals surface area contributed by atoms with Gasteiger partial charge in [-0.3, -0.25) is 0 Å². The first-order chi connectivity index (χ1) is 7.27. The van der Waals surface area contributed by atoms with E-state index in [4.69, 9.17) is 0 Å². The zero-order valence-electron chi connectivity index (χ0n) is 9.11. The fourth-order valence-electron chi connectivity index (χ4n) is 1.85. The van der Waals surface area contributed by atoms with E-state index in [0.717, 1.165) is 12.0 Å². The van der Waals surface area contributed by atoms with Crippen LogP contribution in [0.15, 0.2) is 60.7 Å². The second kappa shape index (κ2) is 4.31. The molecule has 1 aromatic carbocycles. The van der Waals surface area contributed by atoms with E-state index in [2.05, 4.69) is 56.0 Å². The van der Waals surface area contributed by atoms with Crippen molar-refractivity contribution in [1.29, 1.82) is 0 Å². The third-order valence-corrected chi connectivity index (χ3v) is 2.74. The molecule has 15 heavy (non-hydrogen) atoms. The van der Waals surface area contributed by atoms with Gasteiger partial charge in [0.1, 0.15) is 0 Å². The molecule has 0 N–H and O–H groups in total. The van der Waals surface area contributed by atoms with E-state index in [1.807, 2.05) is 6.07 Å². The van der Waals surface area contributed by atoms with Crippen molar-refractivity contribution in [3.05, 3.63) is 66.3 Å². The molecule has 0 spiro atoms. The van der Waals surface area contributed by atoms with Crippen LogP contribution >= 0.6 is 0 Å². The molecule has 0 saturated carbocycles. The van der Waals surface area contributed by atoms with Crippen molar-refractivity contribution in [3.8, 4) is 0 Å². The van der Waals surface area contributed by atoms with Gasteiger partial charge in [0.2, 0.25) is 0 Å². The Hall–Kier alpha value is -1.56. The van der Waals surface area contributed by atoms with Gasteiger partial charge < -0.3 is 0 Å². The van der Waals surface area contributed by atoms with E-state index < -0.39 is 0 Å². The van der Waals surface area contributed by atoms with Crippen LogP contribution in [0.1, 0.15) is 18.9 Å². The van der Waals surface area contributed by atoms with Crippen LogP contribution in [0, 0.1) is 5.92 Å². The van der Waals surface area contributed by atoms with Crippen LogP contribution in [0.5, 0.6) is 0 Å². The molecule has 0 amide bonds. The lowest BCUT2D eigenvalue weighted by molar-refractivity contribution is 0.733. The van der Waals surface area contributed by atoms with Crippen molar-refractivity contribution in [2.45, 2.75) is 13.3 Å². The van der Waals surface area contributed by atoms with Gasteiger partial charge in [0.15, 0.2) is 0 Å². The van der Waals surface area contributed by atoms with Crippen molar-refractivity contribution in [3.63, 3.8) is 0 Å². The molecule has 1 aliphatic rings. The average Bonchev–Trinajstić information content (AvgIpc) is 2.29. The normalized spacial score (nSPS) is 19.8. The average molecular weight is 196 g/mol. The maximum atomic E-state index is 4.16. The largest absolute Gasteiger partial charge is 0.0906 e. The number of hydrogen-bond donors (Lipinski definition) is 0. The summed E-state index contributed by atoms with van der Waals surface area (Å²) < 4.78 is 0. The van der Waals surface area contributed by atoms with Gasteiger partial charge in [0, 0.05) is 0 Å². The van der Waals surface area contributed by atoms with Crippen LogP contribution in [0.4, 0.5) is 0 Å². The zero-order valence-corrected chi connectivity index (χ0v) is 9.11. The third kappa shape index (κ3) is 2.27. The molecule has 0 bridgehead atoms. The van der Waals surface area contributed by atoms with E-state index in [-0.39, 0.29) is 0 Å². The Kier molecular flexibility index (Phi) is 2.86. The fourth-order valence-corrected chi connectivity index (χ4v) is 1.85. The lowest BCUT2D eigenvalue weighted by Crippen LogP contribution is -1.96. The Morgan fingerprint density at radius 3 is 2.67 bits per heavy atom. The monoisotopic (exact) mass is 196 g/mol. The molecule has 76 valence electrons. The molecule has 0 nitrogen and oxygen atoms in total. The van der Waals surface area contributed by atoms with Crippen LogP contribution in [0.25, 0.3) is 5.57 Å². The minimum Gasteiger partial charge on any atom is -0.0906 e. The number of rotatable bonds is 2. The molecule has 1 aromatic rings. The highest BCUT2D eigenvalue weighted by atomic mass is 14.1.